The molecule has 5 heteroatoms. The predicted molar refractivity (Wildman–Crippen MR) is 33.8 cm³/mol. The molecule has 0 fully saturated rings. The van der Waals surface area contributed by atoms with E-state index < -0.39 is 6.03 Å². The van der Waals surface area contributed by atoms with Gasteiger partial charge < -0.3 is 10.5 Å². The monoisotopic (exact) mass is 150 g/mol. The van der Waals surface area contributed by atoms with Crippen molar-refractivity contribution in [2.75, 3.05) is 6.73 Å². The summed E-state index contributed by atoms with van der Waals surface area (Å²) in [6.45, 7) is 0.245. The second-order valence-electron chi connectivity index (χ2n) is 1.39. The van der Waals surface area contributed by atoms with Crippen molar-refractivity contribution < 1.29 is 9.53 Å². The van der Waals surface area contributed by atoms with E-state index in [2.05, 4.69) is 4.74 Å². The number of carbonyl (C=O) groups excluding carboxylic acids is 1. The van der Waals surface area contributed by atoms with Gasteiger partial charge in [0.2, 0.25) is 0 Å². The number of carbonyl (C=O) groups is 1. The number of primary amides is 1. The Balaban J connectivity index is 0.000000640. The lowest BCUT2D eigenvalue weighted by atomic mass is 10.8. The Hall–Kier alpha value is -0.900. The van der Waals surface area contributed by atoms with Gasteiger partial charge in [-0.3, -0.25) is 4.90 Å². The molecule has 0 spiro atoms. The van der Waals surface area contributed by atoms with Gasteiger partial charge in [-0.2, -0.15) is 0 Å². The maximum absolute atomic E-state index is 10.2. The van der Waals surface area contributed by atoms with Crippen LogP contribution in [0.2, 0.25) is 0 Å². The molecule has 0 radical (unpaired) electrons. The van der Waals surface area contributed by atoms with Gasteiger partial charge in [-0.15, -0.1) is 12.4 Å². The molecule has 2 amide bonds. The van der Waals surface area contributed by atoms with Crippen LogP contribution in [0.3, 0.4) is 0 Å². The molecule has 0 aromatic carbocycles. The fraction of sp³-hybridized carbons (Fsp3) is 0.250. The summed E-state index contributed by atoms with van der Waals surface area (Å²) >= 11 is 0. The smallest absolute Gasteiger partial charge is 0.321 e. The highest BCUT2D eigenvalue weighted by Gasteiger charge is 2.08. The van der Waals surface area contributed by atoms with Gasteiger partial charge in [0.15, 0.2) is 6.73 Å². The average molecular weight is 151 g/mol. The minimum Gasteiger partial charge on any atom is -0.479 e. The van der Waals surface area contributed by atoms with Crippen molar-refractivity contribution in [3.63, 3.8) is 0 Å². The molecule has 0 aromatic heterocycles. The first-order chi connectivity index (χ1) is 3.80. The zero-order chi connectivity index (χ0) is 5.98. The molecule has 1 aliphatic heterocycles. The van der Waals surface area contributed by atoms with Crippen LogP contribution in [0.15, 0.2) is 12.5 Å². The number of nitrogens with zero attached hydrogens (tertiary/aromatic N) is 1. The van der Waals surface area contributed by atoms with E-state index >= 15 is 0 Å². The van der Waals surface area contributed by atoms with Crippen LogP contribution in [-0.2, 0) is 4.74 Å². The van der Waals surface area contributed by atoms with Crippen LogP contribution in [0.5, 0.6) is 0 Å². The SMILES string of the molecule is Cl.NC(=O)N1C=COC1. The van der Waals surface area contributed by atoms with E-state index in [1.807, 2.05) is 0 Å². The number of nitrogens with two attached hydrogens (primary N) is 1. The van der Waals surface area contributed by atoms with Crippen molar-refractivity contribution >= 4 is 18.4 Å². The minimum atomic E-state index is -0.487. The van der Waals surface area contributed by atoms with Gasteiger partial charge in [-0.1, -0.05) is 0 Å². The summed E-state index contributed by atoms with van der Waals surface area (Å²) in [7, 11) is 0. The first-order valence-electron chi connectivity index (χ1n) is 2.15. The van der Waals surface area contributed by atoms with E-state index in [0.29, 0.717) is 0 Å². The normalized spacial score (nSPS) is 14.4. The van der Waals surface area contributed by atoms with E-state index in [0.717, 1.165) is 0 Å². The van der Waals surface area contributed by atoms with Gasteiger partial charge in [0.1, 0.15) is 6.26 Å². The summed E-state index contributed by atoms with van der Waals surface area (Å²) in [5.74, 6) is 0. The van der Waals surface area contributed by atoms with Gasteiger partial charge >= 0.3 is 6.03 Å². The summed E-state index contributed by atoms with van der Waals surface area (Å²) in [5, 5.41) is 0. The summed E-state index contributed by atoms with van der Waals surface area (Å²) in [6.07, 6.45) is 2.91. The third-order valence-corrected chi connectivity index (χ3v) is 0.834. The fourth-order valence-electron chi connectivity index (χ4n) is 0.420. The molecule has 52 valence electrons. The summed E-state index contributed by atoms with van der Waals surface area (Å²) in [6, 6.07) is -0.487. The fourth-order valence-corrected chi connectivity index (χ4v) is 0.420. The molecule has 4 nitrogen and oxygen atoms in total. The van der Waals surface area contributed by atoms with Crippen molar-refractivity contribution in [3.8, 4) is 0 Å². The number of urea groups is 1. The zero-order valence-electron chi connectivity index (χ0n) is 4.61. The third-order valence-electron chi connectivity index (χ3n) is 0.834. The molecule has 0 bridgehead atoms. The lowest BCUT2D eigenvalue weighted by Gasteiger charge is -2.05. The van der Waals surface area contributed by atoms with E-state index in [4.69, 9.17) is 5.73 Å². The summed E-state index contributed by atoms with van der Waals surface area (Å²) < 4.78 is 4.66. The van der Waals surface area contributed by atoms with Crippen molar-refractivity contribution in [2.45, 2.75) is 0 Å². The van der Waals surface area contributed by atoms with Gasteiger partial charge in [-0.05, 0) is 0 Å². The molecule has 0 aromatic rings. The standard InChI is InChI=1S/C4H6N2O2.ClH/c5-4(7)6-1-2-8-3-6;/h1-2H,3H2,(H2,5,7);1H. The molecule has 9 heavy (non-hydrogen) atoms. The number of hydrogen-bond donors (Lipinski definition) is 1. The molecule has 0 saturated heterocycles. The summed E-state index contributed by atoms with van der Waals surface area (Å²) in [4.78, 5) is 11.5. The Morgan fingerprint density at radius 1 is 1.78 bits per heavy atom. The maximum Gasteiger partial charge on any atom is 0.321 e. The van der Waals surface area contributed by atoms with Crippen molar-refractivity contribution in [2.24, 2.45) is 5.73 Å². The van der Waals surface area contributed by atoms with E-state index in [1.165, 1.54) is 17.4 Å². The van der Waals surface area contributed by atoms with E-state index in [9.17, 15) is 4.79 Å². The zero-order valence-corrected chi connectivity index (χ0v) is 5.43. The van der Waals surface area contributed by atoms with E-state index in [1.54, 1.807) is 0 Å². The molecule has 1 rings (SSSR count). The van der Waals surface area contributed by atoms with Crippen LogP contribution in [0, 0.1) is 0 Å². The Kier molecular flexibility index (Phi) is 2.87. The van der Waals surface area contributed by atoms with Crippen molar-refractivity contribution in [1.82, 2.24) is 4.90 Å². The highest BCUT2D eigenvalue weighted by molar-refractivity contribution is 5.85. The van der Waals surface area contributed by atoms with Crippen LogP contribution in [-0.4, -0.2) is 17.7 Å². The first kappa shape index (κ1) is 8.10. The molecular weight excluding hydrogens is 144 g/mol. The topological polar surface area (TPSA) is 55.6 Å². The number of rotatable bonds is 0. The number of hydrogen-bond acceptors (Lipinski definition) is 2. The molecule has 0 aliphatic carbocycles. The van der Waals surface area contributed by atoms with Gasteiger partial charge in [0.25, 0.3) is 0 Å². The quantitative estimate of drug-likeness (QED) is 0.538. The lowest BCUT2D eigenvalue weighted by Crippen LogP contribution is -2.29. The molecule has 1 aliphatic rings. The Morgan fingerprint density at radius 3 is 2.67 bits per heavy atom. The summed E-state index contributed by atoms with van der Waals surface area (Å²) in [5.41, 5.74) is 4.85. The van der Waals surface area contributed by atoms with Gasteiger partial charge in [0.05, 0.1) is 0 Å². The molecule has 0 unspecified atom stereocenters. The number of ether oxygens (including phenoxy) is 1. The predicted octanol–water partition coefficient (Wildman–Crippen LogP) is 0.248. The van der Waals surface area contributed by atoms with Crippen molar-refractivity contribution in [3.05, 3.63) is 12.5 Å². The Labute approximate surface area is 58.7 Å². The second kappa shape index (κ2) is 3.19. The minimum absolute atomic E-state index is 0. The highest BCUT2D eigenvalue weighted by atomic mass is 35.5. The Bertz CT molecular complexity index is 137. The average Bonchev–Trinajstić information content (AvgIpc) is 2.12. The van der Waals surface area contributed by atoms with Gasteiger partial charge in [-0.25, -0.2) is 4.79 Å². The van der Waals surface area contributed by atoms with Gasteiger partial charge in [0, 0.05) is 6.20 Å². The van der Waals surface area contributed by atoms with Crippen LogP contribution in [0.4, 0.5) is 4.79 Å². The third kappa shape index (κ3) is 1.81. The highest BCUT2D eigenvalue weighted by Crippen LogP contribution is 1.97. The maximum atomic E-state index is 10.2. The molecule has 0 saturated carbocycles. The number of amides is 2. The first-order valence-corrected chi connectivity index (χ1v) is 2.15. The number of halogens is 1. The molecule has 0 atom stereocenters. The van der Waals surface area contributed by atoms with E-state index in [-0.39, 0.29) is 19.1 Å². The molecule has 1 heterocycles. The largest absolute Gasteiger partial charge is 0.479 e. The van der Waals surface area contributed by atoms with Crippen LogP contribution in [0.25, 0.3) is 0 Å². The molecule has 2 N–H and O–H groups in total. The second-order valence-corrected chi connectivity index (χ2v) is 1.39. The lowest BCUT2D eigenvalue weighted by molar-refractivity contribution is 0.172. The molecular formula is C4H7ClN2O2. The van der Waals surface area contributed by atoms with Crippen LogP contribution >= 0.6 is 12.4 Å². The van der Waals surface area contributed by atoms with Crippen LogP contribution in [0.1, 0.15) is 0 Å². The van der Waals surface area contributed by atoms with Crippen molar-refractivity contribution in [1.29, 1.82) is 0 Å². The van der Waals surface area contributed by atoms with Crippen LogP contribution < -0.4 is 5.73 Å². The Morgan fingerprint density at radius 2 is 2.44 bits per heavy atom.